The number of carbonyl (C=O) groups is 2. The number of ketones is 1. The number of alkyl carbamates (subject to hydrolysis) is 1. The van der Waals surface area contributed by atoms with Crippen LogP contribution in [-0.2, 0) is 9.53 Å². The molecule has 0 aromatic carbocycles. The van der Waals surface area contributed by atoms with Gasteiger partial charge >= 0.3 is 6.09 Å². The highest BCUT2D eigenvalue weighted by Gasteiger charge is 2.20. The summed E-state index contributed by atoms with van der Waals surface area (Å²) in [5, 5.41) is 2.68. The van der Waals surface area contributed by atoms with E-state index in [-0.39, 0.29) is 11.2 Å². The smallest absolute Gasteiger partial charge is 0.407 e. The summed E-state index contributed by atoms with van der Waals surface area (Å²) in [7, 11) is 0. The minimum Gasteiger partial charge on any atom is -0.444 e. The van der Waals surface area contributed by atoms with Crippen LogP contribution in [0.5, 0.6) is 0 Å². The fourth-order valence-electron chi connectivity index (χ4n) is 1.29. The van der Waals surface area contributed by atoms with Crippen LogP contribution in [0.2, 0.25) is 0 Å². The van der Waals surface area contributed by atoms with Gasteiger partial charge in [-0.3, -0.25) is 4.79 Å². The molecule has 0 rings (SSSR count). The molecule has 0 aromatic rings. The van der Waals surface area contributed by atoms with Gasteiger partial charge in [0, 0.05) is 18.4 Å². The third-order valence-corrected chi connectivity index (χ3v) is 2.34. The Morgan fingerprint density at radius 3 is 2.00 bits per heavy atom. The molecular weight excluding hydrogens is 230 g/mol. The molecule has 1 N–H and O–H groups in total. The van der Waals surface area contributed by atoms with Crippen molar-refractivity contribution in [3.63, 3.8) is 0 Å². The van der Waals surface area contributed by atoms with Gasteiger partial charge in [-0.05, 0) is 33.6 Å². The Morgan fingerprint density at radius 1 is 1.00 bits per heavy atom. The van der Waals surface area contributed by atoms with Gasteiger partial charge < -0.3 is 10.1 Å². The summed E-state index contributed by atoms with van der Waals surface area (Å²) in [5.41, 5.74) is -0.731. The number of Topliss-reactive ketones (excluding diaryl/α,β-unsaturated/α-hetero) is 1. The maximum absolute atomic E-state index is 11.6. The first kappa shape index (κ1) is 16.9. The molecule has 106 valence electrons. The number of ether oxygens (including phenoxy) is 1. The van der Waals surface area contributed by atoms with Gasteiger partial charge in [0.2, 0.25) is 0 Å². The summed E-state index contributed by atoms with van der Waals surface area (Å²) < 4.78 is 5.10. The van der Waals surface area contributed by atoms with E-state index in [1.54, 1.807) is 0 Å². The van der Waals surface area contributed by atoms with Crippen LogP contribution in [0.4, 0.5) is 4.79 Å². The topological polar surface area (TPSA) is 55.4 Å². The van der Waals surface area contributed by atoms with Gasteiger partial charge in [0.05, 0.1) is 0 Å². The Morgan fingerprint density at radius 2 is 1.56 bits per heavy atom. The van der Waals surface area contributed by atoms with E-state index in [0.717, 1.165) is 12.8 Å². The maximum atomic E-state index is 11.6. The van der Waals surface area contributed by atoms with E-state index in [1.165, 1.54) is 0 Å². The quantitative estimate of drug-likeness (QED) is 0.769. The number of nitrogens with one attached hydrogen (secondary N) is 1. The highest BCUT2D eigenvalue weighted by Crippen LogP contribution is 2.18. The number of amides is 1. The fraction of sp³-hybridized carbons (Fsp3) is 0.857. The highest BCUT2D eigenvalue weighted by atomic mass is 16.6. The molecule has 0 unspecified atom stereocenters. The van der Waals surface area contributed by atoms with Crippen LogP contribution in [0, 0.1) is 5.41 Å². The third kappa shape index (κ3) is 9.02. The second kappa shape index (κ2) is 6.76. The Bertz CT molecular complexity index is 284. The van der Waals surface area contributed by atoms with Gasteiger partial charge in [0.1, 0.15) is 11.4 Å². The molecule has 0 fully saturated rings. The molecule has 0 saturated carbocycles. The average Bonchev–Trinajstić information content (AvgIpc) is 2.12. The molecule has 0 aliphatic heterocycles. The average molecular weight is 257 g/mol. The summed E-state index contributed by atoms with van der Waals surface area (Å²) in [6.45, 7) is 11.8. The van der Waals surface area contributed by atoms with Crippen molar-refractivity contribution in [1.29, 1.82) is 0 Å². The zero-order chi connectivity index (χ0) is 14.4. The Balaban J connectivity index is 3.64. The van der Waals surface area contributed by atoms with Gasteiger partial charge in [-0.1, -0.05) is 20.8 Å². The van der Waals surface area contributed by atoms with Crippen molar-refractivity contribution in [1.82, 2.24) is 5.32 Å². The first-order valence-electron chi connectivity index (χ1n) is 6.52. The molecule has 0 saturated heterocycles. The van der Waals surface area contributed by atoms with Crippen molar-refractivity contribution in [3.05, 3.63) is 0 Å². The lowest BCUT2D eigenvalue weighted by atomic mass is 9.88. The highest BCUT2D eigenvalue weighted by molar-refractivity contribution is 5.83. The van der Waals surface area contributed by atoms with Crippen molar-refractivity contribution >= 4 is 11.9 Å². The number of hydrogen-bond acceptors (Lipinski definition) is 3. The van der Waals surface area contributed by atoms with E-state index in [4.69, 9.17) is 4.74 Å². The lowest BCUT2D eigenvalue weighted by Gasteiger charge is -2.19. The molecule has 0 aromatic heterocycles. The normalized spacial score (nSPS) is 12.1. The van der Waals surface area contributed by atoms with Crippen LogP contribution >= 0.6 is 0 Å². The van der Waals surface area contributed by atoms with E-state index < -0.39 is 11.7 Å². The summed E-state index contributed by atoms with van der Waals surface area (Å²) in [6, 6.07) is 0. The van der Waals surface area contributed by atoms with Crippen LogP contribution in [0.3, 0.4) is 0 Å². The van der Waals surface area contributed by atoms with Crippen LogP contribution in [0.1, 0.15) is 60.8 Å². The zero-order valence-corrected chi connectivity index (χ0v) is 12.6. The third-order valence-electron chi connectivity index (χ3n) is 2.34. The van der Waals surface area contributed by atoms with Gasteiger partial charge in [-0.15, -0.1) is 0 Å². The van der Waals surface area contributed by atoms with Gasteiger partial charge in [0.15, 0.2) is 0 Å². The molecule has 0 radical (unpaired) electrons. The predicted molar refractivity (Wildman–Crippen MR) is 72.5 cm³/mol. The van der Waals surface area contributed by atoms with Crippen molar-refractivity contribution in [2.75, 3.05) is 6.54 Å². The summed E-state index contributed by atoms with van der Waals surface area (Å²) in [6.07, 6.45) is 1.76. The van der Waals surface area contributed by atoms with E-state index in [2.05, 4.69) is 5.32 Å². The fourth-order valence-corrected chi connectivity index (χ4v) is 1.29. The van der Waals surface area contributed by atoms with E-state index >= 15 is 0 Å². The van der Waals surface area contributed by atoms with Gasteiger partial charge in [0.25, 0.3) is 0 Å². The summed E-state index contributed by atoms with van der Waals surface area (Å²) >= 11 is 0. The lowest BCUT2D eigenvalue weighted by molar-refractivity contribution is -0.126. The maximum Gasteiger partial charge on any atom is 0.407 e. The molecule has 4 heteroatoms. The molecule has 18 heavy (non-hydrogen) atoms. The molecule has 4 nitrogen and oxygen atoms in total. The molecule has 1 amide bonds. The van der Waals surface area contributed by atoms with E-state index in [9.17, 15) is 9.59 Å². The molecule has 0 bridgehead atoms. The predicted octanol–water partition coefficient (Wildman–Crippen LogP) is 3.30. The van der Waals surface area contributed by atoms with Crippen molar-refractivity contribution < 1.29 is 14.3 Å². The summed E-state index contributed by atoms with van der Waals surface area (Å²) in [5.74, 6) is 0.264. The minimum atomic E-state index is -0.466. The second-order valence-electron chi connectivity index (χ2n) is 6.56. The molecule has 0 atom stereocenters. The monoisotopic (exact) mass is 257 g/mol. The number of hydrogen-bond donors (Lipinski definition) is 1. The largest absolute Gasteiger partial charge is 0.444 e. The standard InChI is InChI=1S/C14H27NO3/c1-13(2,3)11(16)9-7-8-10-15-12(17)18-14(4,5)6/h7-10H2,1-6H3,(H,15,17). The Kier molecular flexibility index (Phi) is 6.36. The van der Waals surface area contributed by atoms with E-state index in [0.29, 0.717) is 13.0 Å². The summed E-state index contributed by atoms with van der Waals surface area (Å²) in [4.78, 5) is 23.0. The van der Waals surface area contributed by atoms with E-state index in [1.807, 2.05) is 41.5 Å². The first-order valence-corrected chi connectivity index (χ1v) is 6.52. The molecule has 0 aliphatic rings. The van der Waals surface area contributed by atoms with Crippen LogP contribution < -0.4 is 5.32 Å². The minimum absolute atomic E-state index is 0.264. The SMILES string of the molecule is CC(C)(C)OC(=O)NCCCCC(=O)C(C)(C)C. The van der Waals surface area contributed by atoms with Gasteiger partial charge in [-0.2, -0.15) is 0 Å². The second-order valence-corrected chi connectivity index (χ2v) is 6.56. The number of unbranched alkanes of at least 4 members (excludes halogenated alkanes) is 1. The molecule has 0 aliphatic carbocycles. The number of carbonyl (C=O) groups excluding carboxylic acids is 2. The number of rotatable bonds is 5. The van der Waals surface area contributed by atoms with Crippen molar-refractivity contribution in [2.24, 2.45) is 5.41 Å². The zero-order valence-electron chi connectivity index (χ0n) is 12.6. The molecule has 0 spiro atoms. The molecule has 0 heterocycles. The molecular formula is C14H27NO3. The lowest BCUT2D eigenvalue weighted by Crippen LogP contribution is -2.33. The van der Waals surface area contributed by atoms with Crippen LogP contribution in [0.15, 0.2) is 0 Å². The first-order chi connectivity index (χ1) is 8.02. The Labute approximate surface area is 110 Å². The van der Waals surface area contributed by atoms with Crippen molar-refractivity contribution in [2.45, 2.75) is 66.4 Å². The van der Waals surface area contributed by atoms with Gasteiger partial charge in [-0.25, -0.2) is 4.79 Å². The van der Waals surface area contributed by atoms with Crippen LogP contribution in [0.25, 0.3) is 0 Å². The van der Waals surface area contributed by atoms with Crippen LogP contribution in [-0.4, -0.2) is 24.0 Å². The Hall–Kier alpha value is -1.06. The van der Waals surface area contributed by atoms with Crippen molar-refractivity contribution in [3.8, 4) is 0 Å².